The van der Waals surface area contributed by atoms with Crippen molar-refractivity contribution in [3.63, 3.8) is 0 Å². The van der Waals surface area contributed by atoms with E-state index in [9.17, 15) is 9.18 Å². The summed E-state index contributed by atoms with van der Waals surface area (Å²) in [4.78, 5) is 12.8. The average Bonchev–Trinajstić information content (AvgIpc) is 2.88. The number of carbonyl (C=O) groups is 1. The minimum Gasteiger partial charge on any atom is -0.481 e. The molecule has 0 saturated carbocycles. The highest BCUT2D eigenvalue weighted by Gasteiger charge is 2.17. The van der Waals surface area contributed by atoms with Crippen LogP contribution in [0.2, 0.25) is 0 Å². The molecule has 0 aliphatic heterocycles. The van der Waals surface area contributed by atoms with E-state index in [4.69, 9.17) is 15.9 Å². The normalized spacial score (nSPS) is 10.3. The fourth-order valence-corrected chi connectivity index (χ4v) is 3.66. The highest BCUT2D eigenvalue weighted by atomic mass is 32.2. The first-order valence-corrected chi connectivity index (χ1v) is 8.32. The van der Waals surface area contributed by atoms with Crippen LogP contribution in [0.4, 0.5) is 9.39 Å². The minimum absolute atomic E-state index is 0.0330. The lowest BCUT2D eigenvalue weighted by Crippen LogP contribution is -2.25. The van der Waals surface area contributed by atoms with Gasteiger partial charge in [0.2, 0.25) is 0 Å². The molecule has 0 spiro atoms. The Hall–Kier alpha value is -2.19. The van der Waals surface area contributed by atoms with Gasteiger partial charge in [0, 0.05) is 4.88 Å². The summed E-state index contributed by atoms with van der Waals surface area (Å²) in [5.74, 6) is -1.56. The van der Waals surface area contributed by atoms with Crippen LogP contribution in [0.5, 0.6) is 0 Å². The van der Waals surface area contributed by atoms with Gasteiger partial charge in [0.05, 0.1) is 12.1 Å². The van der Waals surface area contributed by atoms with Crippen molar-refractivity contribution in [1.29, 1.82) is 10.8 Å². The lowest BCUT2D eigenvalue weighted by Gasteiger charge is -2.16. The van der Waals surface area contributed by atoms with Gasteiger partial charge in [-0.25, -0.2) is 4.39 Å². The van der Waals surface area contributed by atoms with Crippen molar-refractivity contribution in [3.05, 3.63) is 41.7 Å². The maximum absolute atomic E-state index is 13.0. The van der Waals surface area contributed by atoms with E-state index in [-0.39, 0.29) is 16.7 Å². The van der Waals surface area contributed by atoms with Crippen LogP contribution < -0.4 is 4.90 Å². The summed E-state index contributed by atoms with van der Waals surface area (Å²) in [7, 11) is 0. The molecular weight excluding hydrogens is 337 g/mol. The molecule has 0 saturated heterocycles. The minimum atomic E-state index is -1.01. The van der Waals surface area contributed by atoms with Crippen molar-refractivity contribution >= 4 is 45.6 Å². The zero-order valence-electron chi connectivity index (χ0n) is 12.2. The number of carboxylic acid groups (broad SMARTS) is 1. The number of rotatable bonds is 5. The van der Waals surface area contributed by atoms with E-state index in [1.807, 2.05) is 13.0 Å². The van der Waals surface area contributed by atoms with Gasteiger partial charge in [0.15, 0.2) is 5.17 Å². The monoisotopic (exact) mass is 351 g/mol. The third-order valence-electron chi connectivity index (χ3n) is 2.93. The van der Waals surface area contributed by atoms with E-state index in [0.717, 1.165) is 34.1 Å². The predicted octanol–water partition coefficient (Wildman–Crippen LogP) is 4.03. The molecule has 8 heteroatoms. The zero-order chi connectivity index (χ0) is 17.0. The highest BCUT2D eigenvalue weighted by Crippen LogP contribution is 2.37. The molecule has 0 aliphatic rings. The first-order chi connectivity index (χ1) is 10.9. The molecule has 0 atom stereocenters. The largest absolute Gasteiger partial charge is 0.481 e. The number of nitrogens with zero attached hydrogens (tertiary/aromatic N) is 1. The number of aryl methyl sites for hydroxylation is 1. The van der Waals surface area contributed by atoms with E-state index in [1.54, 1.807) is 12.1 Å². The van der Waals surface area contributed by atoms with Gasteiger partial charge < -0.3 is 5.11 Å². The summed E-state index contributed by atoms with van der Waals surface area (Å²) < 4.78 is 13.0. The van der Waals surface area contributed by atoms with E-state index in [2.05, 4.69) is 0 Å². The number of halogens is 1. The summed E-state index contributed by atoms with van der Waals surface area (Å²) in [6, 6.07) is 7.94. The number of thioether (sulfide) groups is 1. The van der Waals surface area contributed by atoms with E-state index in [1.165, 1.54) is 28.4 Å². The van der Waals surface area contributed by atoms with Crippen LogP contribution >= 0.6 is 23.1 Å². The Bertz CT molecular complexity index is 744. The van der Waals surface area contributed by atoms with Crippen LogP contribution in [0.3, 0.4) is 0 Å². The zero-order valence-corrected chi connectivity index (χ0v) is 13.8. The summed E-state index contributed by atoms with van der Waals surface area (Å²) in [6.45, 7) is 1.90. The quantitative estimate of drug-likeness (QED) is 0.560. The molecule has 0 unspecified atom stereocenters. The lowest BCUT2D eigenvalue weighted by molar-refractivity contribution is -0.133. The van der Waals surface area contributed by atoms with Crippen molar-refractivity contribution < 1.29 is 14.3 Å². The van der Waals surface area contributed by atoms with Crippen LogP contribution in [0, 0.1) is 23.6 Å². The lowest BCUT2D eigenvalue weighted by atomic mass is 10.1. The Morgan fingerprint density at radius 2 is 2.09 bits per heavy atom. The number of aliphatic carboxylic acids is 1. The third kappa shape index (κ3) is 4.17. The number of hydrogen-bond acceptors (Lipinski definition) is 5. The van der Waals surface area contributed by atoms with Gasteiger partial charge in [-0.05, 0) is 36.2 Å². The molecule has 1 aromatic heterocycles. The molecule has 120 valence electrons. The Labute approximate surface area is 140 Å². The molecule has 1 heterocycles. The molecule has 3 N–H and O–H groups in total. The number of nitrogens with one attached hydrogen (secondary N) is 2. The topological polar surface area (TPSA) is 88.2 Å². The second-order valence-corrected chi connectivity index (χ2v) is 6.59. The molecule has 0 radical (unpaired) electrons. The van der Waals surface area contributed by atoms with Gasteiger partial charge in [-0.2, -0.15) is 0 Å². The molecule has 5 nitrogen and oxygen atoms in total. The van der Waals surface area contributed by atoms with Crippen LogP contribution in [0.1, 0.15) is 5.56 Å². The van der Waals surface area contributed by atoms with Gasteiger partial charge in [-0.1, -0.05) is 23.9 Å². The van der Waals surface area contributed by atoms with Crippen molar-refractivity contribution in [2.24, 2.45) is 0 Å². The molecular formula is C15H14FN3O2S2. The number of thiophene rings is 1. The molecule has 2 rings (SSSR count). The van der Waals surface area contributed by atoms with Gasteiger partial charge in [-0.3, -0.25) is 20.5 Å². The van der Waals surface area contributed by atoms with Crippen molar-refractivity contribution in [2.75, 3.05) is 10.7 Å². The Balaban J connectivity index is 2.27. The van der Waals surface area contributed by atoms with Gasteiger partial charge in [-0.15, -0.1) is 11.3 Å². The Kier molecular flexibility index (Phi) is 5.51. The highest BCUT2D eigenvalue weighted by molar-refractivity contribution is 8.14. The fraction of sp³-hybridized carbons (Fsp3) is 0.133. The number of benzene rings is 1. The summed E-state index contributed by atoms with van der Waals surface area (Å²) in [5, 5.41) is 24.7. The van der Waals surface area contributed by atoms with Gasteiger partial charge >= 0.3 is 5.97 Å². The van der Waals surface area contributed by atoms with Crippen molar-refractivity contribution in [1.82, 2.24) is 0 Å². The second kappa shape index (κ2) is 7.38. The number of carboxylic acids is 1. The molecule has 0 amide bonds. The number of anilines is 1. The van der Waals surface area contributed by atoms with E-state index < -0.39 is 5.97 Å². The maximum atomic E-state index is 13.0. The smallest absolute Gasteiger partial charge is 0.313 e. The number of hydrogen-bond donors (Lipinski definition) is 3. The summed E-state index contributed by atoms with van der Waals surface area (Å²) in [6.07, 6.45) is 0.983. The average molecular weight is 351 g/mol. The van der Waals surface area contributed by atoms with Crippen LogP contribution in [-0.4, -0.2) is 28.3 Å². The fourth-order valence-electron chi connectivity index (χ4n) is 1.89. The van der Waals surface area contributed by atoms with E-state index in [0.29, 0.717) is 5.00 Å². The van der Waals surface area contributed by atoms with Crippen LogP contribution in [-0.2, 0) is 4.79 Å². The standard InChI is InChI=1S/C15H14FN3O2S2/c1-9-6-12(19(8-17)15(18)22-7-13(20)21)23-14(9)10-2-4-11(16)5-3-10/h2-6,8,17-18H,7H2,1H3,(H,20,21). The number of amidine groups is 1. The molecule has 1 aromatic carbocycles. The maximum Gasteiger partial charge on any atom is 0.313 e. The summed E-state index contributed by atoms with van der Waals surface area (Å²) >= 11 is 2.20. The SMILES string of the molecule is Cc1cc(N(C=N)C(=N)SCC(=O)O)sc1-c1ccc(F)cc1. The van der Waals surface area contributed by atoms with Gasteiger partial charge in [0.25, 0.3) is 0 Å². The molecule has 2 aromatic rings. The first kappa shape index (κ1) is 17.2. The second-order valence-electron chi connectivity index (χ2n) is 4.59. The summed E-state index contributed by atoms with van der Waals surface area (Å²) in [5.41, 5.74) is 1.80. The van der Waals surface area contributed by atoms with Crippen LogP contribution in [0.15, 0.2) is 30.3 Å². The molecule has 0 aliphatic carbocycles. The first-order valence-electron chi connectivity index (χ1n) is 6.51. The van der Waals surface area contributed by atoms with Crippen molar-refractivity contribution in [3.8, 4) is 10.4 Å². The van der Waals surface area contributed by atoms with Crippen molar-refractivity contribution in [2.45, 2.75) is 6.92 Å². The van der Waals surface area contributed by atoms with Gasteiger partial charge in [0.1, 0.15) is 10.8 Å². The van der Waals surface area contributed by atoms with Crippen LogP contribution in [0.25, 0.3) is 10.4 Å². The molecule has 23 heavy (non-hydrogen) atoms. The Morgan fingerprint density at radius 3 is 2.65 bits per heavy atom. The molecule has 0 fully saturated rings. The predicted molar refractivity (Wildman–Crippen MR) is 93.5 cm³/mol. The molecule has 0 bridgehead atoms. The third-order valence-corrected chi connectivity index (χ3v) is 5.08. The Morgan fingerprint density at radius 1 is 1.43 bits per heavy atom. The van der Waals surface area contributed by atoms with E-state index >= 15 is 0 Å².